The molecular weight excluding hydrogens is 531 g/mol. The van der Waals surface area contributed by atoms with E-state index in [1.807, 2.05) is 54.3 Å². The number of nitrogens with one attached hydrogen (secondary N) is 1. The van der Waals surface area contributed by atoms with Gasteiger partial charge < -0.3 is 15.0 Å². The van der Waals surface area contributed by atoms with Crippen LogP contribution in [0.25, 0.3) is 0 Å². The lowest BCUT2D eigenvalue weighted by atomic mass is 9.89. The van der Waals surface area contributed by atoms with Gasteiger partial charge in [0.2, 0.25) is 0 Å². The van der Waals surface area contributed by atoms with Gasteiger partial charge in [0.25, 0.3) is 10.1 Å². The van der Waals surface area contributed by atoms with Crippen molar-refractivity contribution >= 4 is 16.2 Å². The lowest BCUT2D eigenvalue weighted by molar-refractivity contribution is 0.0787. The molecule has 7 nitrogen and oxygen atoms in total. The number of carbonyl (C=O) groups excluding carboxylic acids is 1. The van der Waals surface area contributed by atoms with Gasteiger partial charge in [-0.05, 0) is 80.3 Å². The Bertz CT molecular complexity index is 1330. The second-order valence-corrected chi connectivity index (χ2v) is 12.0. The third-order valence-corrected chi connectivity index (χ3v) is 8.43. The van der Waals surface area contributed by atoms with Crippen LogP contribution in [0, 0.1) is 18.7 Å². The zero-order valence-electron chi connectivity index (χ0n) is 22.7. The Morgan fingerprint density at radius 1 is 0.925 bits per heavy atom. The first-order valence-corrected chi connectivity index (χ1v) is 15.1. The van der Waals surface area contributed by atoms with Gasteiger partial charge in [-0.25, -0.2) is 9.18 Å². The van der Waals surface area contributed by atoms with Crippen LogP contribution in [-0.2, 0) is 27.9 Å². The maximum atomic E-state index is 13.1. The lowest BCUT2D eigenvalue weighted by Crippen LogP contribution is -2.44. The topological polar surface area (TPSA) is 95.9 Å². The monoisotopic (exact) mass is 568 g/mol. The van der Waals surface area contributed by atoms with Gasteiger partial charge in [0, 0.05) is 25.2 Å². The Hall–Kier alpha value is -3.27. The SMILES string of the molecule is Cc1ccc(S(=O)(=O)O)cc1.O=C(OCc1ccccc1)N1CCC(C2CCC(Cc3ccc(F)cc3)N2)CC1. The number of hydrogen-bond donors (Lipinski definition) is 2. The van der Waals surface area contributed by atoms with Crippen LogP contribution in [0.1, 0.15) is 42.4 Å². The Labute approximate surface area is 236 Å². The van der Waals surface area contributed by atoms with Crippen molar-refractivity contribution in [2.45, 2.75) is 62.6 Å². The molecule has 2 aliphatic heterocycles. The van der Waals surface area contributed by atoms with E-state index in [2.05, 4.69) is 5.32 Å². The fraction of sp³-hybridized carbons (Fsp3) is 0.387. The largest absolute Gasteiger partial charge is 0.445 e. The summed E-state index contributed by atoms with van der Waals surface area (Å²) in [6.07, 6.45) is 5.10. The number of halogens is 1. The van der Waals surface area contributed by atoms with Crippen LogP contribution in [0.2, 0.25) is 0 Å². The first kappa shape index (κ1) is 29.7. The quantitative estimate of drug-likeness (QED) is 0.366. The second-order valence-electron chi connectivity index (χ2n) is 10.5. The minimum absolute atomic E-state index is 0.0666. The predicted octanol–water partition coefficient (Wildman–Crippen LogP) is 5.78. The number of aryl methyl sites for hydroxylation is 1. The highest BCUT2D eigenvalue weighted by Crippen LogP contribution is 2.29. The van der Waals surface area contributed by atoms with Crippen LogP contribution < -0.4 is 5.32 Å². The molecule has 1 amide bonds. The van der Waals surface area contributed by atoms with E-state index in [1.54, 1.807) is 12.1 Å². The molecule has 2 saturated heterocycles. The van der Waals surface area contributed by atoms with E-state index in [1.165, 1.54) is 36.2 Å². The number of amides is 1. The number of nitrogens with zero attached hydrogens (tertiary/aromatic N) is 1. The molecule has 3 aromatic carbocycles. The molecule has 2 N–H and O–H groups in total. The van der Waals surface area contributed by atoms with Crippen LogP contribution in [0.5, 0.6) is 0 Å². The second kappa shape index (κ2) is 13.9. The van der Waals surface area contributed by atoms with Gasteiger partial charge in [0.15, 0.2) is 0 Å². The molecule has 214 valence electrons. The molecule has 2 atom stereocenters. The summed E-state index contributed by atoms with van der Waals surface area (Å²) >= 11 is 0. The number of benzene rings is 3. The molecule has 0 radical (unpaired) electrons. The highest BCUT2D eigenvalue weighted by molar-refractivity contribution is 7.85. The van der Waals surface area contributed by atoms with E-state index in [-0.39, 0.29) is 16.8 Å². The van der Waals surface area contributed by atoms with Gasteiger partial charge in [-0.3, -0.25) is 4.55 Å². The van der Waals surface area contributed by atoms with Crippen LogP contribution >= 0.6 is 0 Å². The summed E-state index contributed by atoms with van der Waals surface area (Å²) in [4.78, 5) is 14.1. The van der Waals surface area contributed by atoms with Crippen molar-refractivity contribution in [1.82, 2.24) is 10.2 Å². The average Bonchev–Trinajstić information content (AvgIpc) is 3.42. The molecule has 9 heteroatoms. The van der Waals surface area contributed by atoms with E-state index in [4.69, 9.17) is 9.29 Å². The fourth-order valence-electron chi connectivity index (χ4n) is 5.29. The smallest absolute Gasteiger partial charge is 0.410 e. The molecule has 2 unspecified atom stereocenters. The van der Waals surface area contributed by atoms with Crippen molar-refractivity contribution in [3.05, 3.63) is 101 Å². The van der Waals surface area contributed by atoms with Crippen molar-refractivity contribution in [1.29, 1.82) is 0 Å². The molecular formula is C31H37FN2O5S. The molecule has 2 aliphatic rings. The molecule has 2 fully saturated rings. The molecule has 0 aliphatic carbocycles. The van der Waals surface area contributed by atoms with Gasteiger partial charge in [-0.15, -0.1) is 0 Å². The summed E-state index contributed by atoms with van der Waals surface area (Å²) in [6.45, 7) is 3.70. The zero-order valence-corrected chi connectivity index (χ0v) is 23.5. The minimum Gasteiger partial charge on any atom is -0.445 e. The third-order valence-electron chi connectivity index (χ3n) is 7.56. The van der Waals surface area contributed by atoms with Crippen LogP contribution in [0.15, 0.2) is 83.8 Å². The molecule has 0 spiro atoms. The van der Waals surface area contributed by atoms with E-state index < -0.39 is 10.1 Å². The zero-order chi connectivity index (χ0) is 28.5. The molecule has 3 aromatic rings. The molecule has 0 aromatic heterocycles. The van der Waals surface area contributed by atoms with Gasteiger partial charge in [-0.1, -0.05) is 60.2 Å². The molecule has 40 heavy (non-hydrogen) atoms. The number of carbonyl (C=O) groups is 1. The summed E-state index contributed by atoms with van der Waals surface area (Å²) in [5.41, 5.74) is 3.15. The van der Waals surface area contributed by atoms with E-state index in [9.17, 15) is 17.6 Å². The Balaban J connectivity index is 0.000000283. The standard InChI is InChI=1S/C24H29FN2O2.C7H8O3S/c25-21-8-6-18(7-9-21)16-22-10-11-23(26-22)20-12-14-27(15-13-20)24(28)29-17-19-4-2-1-3-5-19;1-6-2-4-7(5-3-6)11(8,9)10/h1-9,20,22-23,26H,10-17H2;2-5H,1H3,(H,8,9,10). The number of hydrogen-bond acceptors (Lipinski definition) is 5. The average molecular weight is 569 g/mol. The van der Waals surface area contributed by atoms with Crippen LogP contribution in [0.3, 0.4) is 0 Å². The Kier molecular flexibility index (Phi) is 10.3. The van der Waals surface area contributed by atoms with E-state index >= 15 is 0 Å². The summed E-state index contributed by atoms with van der Waals surface area (Å²) in [5, 5.41) is 3.79. The maximum absolute atomic E-state index is 13.1. The normalized spacial score (nSPS) is 19.5. The van der Waals surface area contributed by atoms with E-state index in [0.717, 1.165) is 49.9 Å². The first-order valence-electron chi connectivity index (χ1n) is 13.7. The van der Waals surface area contributed by atoms with Gasteiger partial charge >= 0.3 is 6.09 Å². The number of likely N-dealkylation sites (tertiary alicyclic amines) is 1. The number of piperidine rings is 1. The Morgan fingerprint density at radius 2 is 1.57 bits per heavy atom. The van der Waals surface area contributed by atoms with Crippen molar-refractivity contribution in [3.8, 4) is 0 Å². The first-order chi connectivity index (χ1) is 19.2. The number of rotatable bonds is 6. The predicted molar refractivity (Wildman–Crippen MR) is 152 cm³/mol. The summed E-state index contributed by atoms with van der Waals surface area (Å²) in [7, 11) is -4.02. The summed E-state index contributed by atoms with van der Waals surface area (Å²) < 4.78 is 48.1. The lowest BCUT2D eigenvalue weighted by Gasteiger charge is -2.34. The van der Waals surface area contributed by atoms with Gasteiger partial charge in [0.05, 0.1) is 4.90 Å². The summed E-state index contributed by atoms with van der Waals surface area (Å²) in [5.74, 6) is 0.423. The van der Waals surface area contributed by atoms with Crippen molar-refractivity contribution in [2.75, 3.05) is 13.1 Å². The van der Waals surface area contributed by atoms with Crippen molar-refractivity contribution in [3.63, 3.8) is 0 Å². The van der Waals surface area contributed by atoms with Crippen LogP contribution in [-0.4, -0.2) is 49.1 Å². The fourth-order valence-corrected chi connectivity index (χ4v) is 5.77. The van der Waals surface area contributed by atoms with Crippen LogP contribution in [0.4, 0.5) is 9.18 Å². The Morgan fingerprint density at radius 3 is 2.20 bits per heavy atom. The number of ether oxygens (including phenoxy) is 1. The molecule has 5 rings (SSSR count). The summed E-state index contributed by atoms with van der Waals surface area (Å²) in [6, 6.07) is 23.6. The maximum Gasteiger partial charge on any atom is 0.410 e. The highest BCUT2D eigenvalue weighted by Gasteiger charge is 2.33. The minimum atomic E-state index is -4.02. The molecule has 0 saturated carbocycles. The third kappa shape index (κ3) is 8.87. The molecule has 0 bridgehead atoms. The van der Waals surface area contributed by atoms with E-state index in [0.29, 0.717) is 24.6 Å². The van der Waals surface area contributed by atoms with Crippen molar-refractivity contribution < 1.29 is 26.9 Å². The van der Waals surface area contributed by atoms with Gasteiger partial charge in [-0.2, -0.15) is 8.42 Å². The van der Waals surface area contributed by atoms with Gasteiger partial charge in [0.1, 0.15) is 12.4 Å². The van der Waals surface area contributed by atoms with Crippen molar-refractivity contribution in [2.24, 2.45) is 5.92 Å². The molecule has 2 heterocycles. The highest BCUT2D eigenvalue weighted by atomic mass is 32.2.